The van der Waals surface area contributed by atoms with Gasteiger partial charge in [-0.1, -0.05) is 35.4 Å². The number of carbonyl (C=O) groups excluding carboxylic acids is 1. The number of hydroxylamine groups is 3. The molecule has 8 nitrogen and oxygen atoms in total. The van der Waals surface area contributed by atoms with Crippen LogP contribution in [0.5, 0.6) is 0 Å². The molecule has 1 aromatic rings. The number of rotatable bonds is 10. The molecule has 0 aliphatic rings. The van der Waals surface area contributed by atoms with Crippen molar-refractivity contribution in [3.63, 3.8) is 0 Å². The summed E-state index contributed by atoms with van der Waals surface area (Å²) in [7, 11) is 1.50. The van der Waals surface area contributed by atoms with Crippen LogP contribution in [0.3, 0.4) is 0 Å². The van der Waals surface area contributed by atoms with Gasteiger partial charge in [0, 0.05) is 17.5 Å². The smallest absolute Gasteiger partial charge is 0.508 e. The molecule has 0 aliphatic heterocycles. The van der Waals surface area contributed by atoms with Gasteiger partial charge in [0.2, 0.25) is 0 Å². The van der Waals surface area contributed by atoms with Crippen LogP contribution in [0.25, 0.3) is 10.4 Å². The molecule has 0 radical (unpaired) electrons. The van der Waals surface area contributed by atoms with Gasteiger partial charge in [0.15, 0.2) is 0 Å². The van der Waals surface area contributed by atoms with Gasteiger partial charge in [-0.3, -0.25) is 0 Å². The Labute approximate surface area is 141 Å². The number of hydrogen-bond donors (Lipinski definition) is 0. The molecule has 130 valence electrons. The molecule has 0 bridgehead atoms. The normalized spacial score (nSPS) is 13.1. The summed E-state index contributed by atoms with van der Waals surface area (Å²) in [4.78, 5) is 14.1. The van der Waals surface area contributed by atoms with Crippen molar-refractivity contribution >= 4 is 6.16 Å². The van der Waals surface area contributed by atoms with Gasteiger partial charge in [-0.2, -0.15) is 0 Å². The Morgan fingerprint density at radius 2 is 2.08 bits per heavy atom. The summed E-state index contributed by atoms with van der Waals surface area (Å²) in [5.41, 5.74) is 9.02. The third-order valence-electron chi connectivity index (χ3n) is 3.09. The largest absolute Gasteiger partial charge is 0.628 e. The Kier molecular flexibility index (Phi) is 8.99. The minimum Gasteiger partial charge on any atom is -0.628 e. The van der Waals surface area contributed by atoms with E-state index in [0.717, 1.165) is 5.56 Å². The predicted octanol–water partition coefficient (Wildman–Crippen LogP) is 3.89. The van der Waals surface area contributed by atoms with E-state index in [1.54, 1.807) is 0 Å². The van der Waals surface area contributed by atoms with Crippen molar-refractivity contribution in [2.24, 2.45) is 5.11 Å². The van der Waals surface area contributed by atoms with Crippen molar-refractivity contribution < 1.29 is 18.9 Å². The van der Waals surface area contributed by atoms with E-state index in [0.29, 0.717) is 25.9 Å². The van der Waals surface area contributed by atoms with E-state index >= 15 is 0 Å². The first-order valence-electron chi connectivity index (χ1n) is 7.62. The number of azide groups is 1. The molecule has 1 unspecified atom stereocenters. The second-order valence-electron chi connectivity index (χ2n) is 5.28. The monoisotopic (exact) mass is 334 g/mol. The summed E-state index contributed by atoms with van der Waals surface area (Å²) in [5.74, 6) is 0. The van der Waals surface area contributed by atoms with Gasteiger partial charge in [-0.15, -0.1) is 0 Å². The molecular weight excluding hydrogens is 312 g/mol. The van der Waals surface area contributed by atoms with Crippen molar-refractivity contribution in [2.75, 3.05) is 26.7 Å². The van der Waals surface area contributed by atoms with Gasteiger partial charge in [0.25, 0.3) is 0 Å². The average Bonchev–Trinajstić information content (AvgIpc) is 2.57. The van der Waals surface area contributed by atoms with Gasteiger partial charge in [-0.25, -0.2) is 4.79 Å². The molecule has 0 spiro atoms. The third-order valence-corrected chi connectivity index (χ3v) is 3.09. The lowest BCUT2D eigenvalue weighted by molar-refractivity contribution is -0.808. The maximum absolute atomic E-state index is 12.1. The van der Waals surface area contributed by atoms with Crippen LogP contribution in [0.1, 0.15) is 18.4 Å². The molecule has 0 aromatic heterocycles. The van der Waals surface area contributed by atoms with E-state index in [9.17, 15) is 10.0 Å². The van der Waals surface area contributed by atoms with E-state index in [-0.39, 0.29) is 13.2 Å². The Morgan fingerprint density at radius 3 is 2.79 bits per heavy atom. The van der Waals surface area contributed by atoms with Gasteiger partial charge < -0.3 is 19.3 Å². The van der Waals surface area contributed by atoms with Crippen LogP contribution in [0.2, 0.25) is 0 Å². The Morgan fingerprint density at radius 1 is 1.33 bits per heavy atom. The van der Waals surface area contributed by atoms with E-state index in [1.807, 2.05) is 30.3 Å². The summed E-state index contributed by atoms with van der Waals surface area (Å²) in [6.45, 7) is 0.860. The molecule has 1 aromatic carbocycles. The quantitative estimate of drug-likeness (QED) is 0.123. The van der Waals surface area contributed by atoms with E-state index < -0.39 is 10.8 Å². The maximum Gasteiger partial charge on any atom is 0.508 e. The average molecular weight is 334 g/mol. The van der Waals surface area contributed by atoms with Crippen molar-refractivity contribution in [1.82, 2.24) is 0 Å². The van der Waals surface area contributed by atoms with Crippen LogP contribution < -0.4 is 0 Å². The second kappa shape index (κ2) is 11.1. The highest BCUT2D eigenvalue weighted by atomic mass is 16.7. The van der Waals surface area contributed by atoms with Crippen molar-refractivity contribution in [2.45, 2.75) is 19.4 Å². The molecule has 0 N–H and O–H groups in total. The molecule has 0 fully saturated rings. The zero-order chi connectivity index (χ0) is 17.7. The number of hydrogen-bond acceptors (Lipinski definition) is 5. The minimum atomic E-state index is -0.780. The Bertz CT molecular complexity index is 569. The maximum atomic E-state index is 12.1. The van der Waals surface area contributed by atoms with Crippen LogP contribution in [0, 0.1) is 5.21 Å². The summed E-state index contributed by atoms with van der Waals surface area (Å²) in [6, 6.07) is 9.27. The van der Waals surface area contributed by atoms with Crippen molar-refractivity contribution in [3.8, 4) is 0 Å². The summed E-state index contributed by atoms with van der Waals surface area (Å²) < 4.78 is 9.22. The zero-order valence-electron chi connectivity index (χ0n) is 13.7. The zero-order valence-corrected chi connectivity index (χ0v) is 13.7. The fourth-order valence-electron chi connectivity index (χ4n) is 1.87. The molecular formula is C16H22N4O4. The molecule has 0 saturated carbocycles. The highest BCUT2D eigenvalue weighted by molar-refractivity contribution is 5.60. The SMILES string of the molecule is C[N+]([O-])(/C=C/COC(=O)OCc1ccccc1)CCCCN=[N+]=[N-]. The summed E-state index contributed by atoms with van der Waals surface area (Å²) in [5, 5.41) is 15.5. The number of unbranched alkanes of at least 4 members (excludes halogenated alkanes) is 1. The molecule has 0 aliphatic carbocycles. The number of carbonyl (C=O) groups is 1. The van der Waals surface area contributed by atoms with Crippen LogP contribution in [0.4, 0.5) is 4.79 Å². The van der Waals surface area contributed by atoms with Gasteiger partial charge in [0.05, 0.1) is 19.8 Å². The van der Waals surface area contributed by atoms with Crippen molar-refractivity contribution in [3.05, 3.63) is 63.8 Å². The van der Waals surface area contributed by atoms with Gasteiger partial charge in [-0.05, 0) is 23.9 Å². The lowest BCUT2D eigenvalue weighted by Gasteiger charge is -2.34. The lowest BCUT2D eigenvalue weighted by Crippen LogP contribution is -2.32. The second-order valence-corrected chi connectivity index (χ2v) is 5.28. The van der Waals surface area contributed by atoms with Gasteiger partial charge >= 0.3 is 6.16 Å². The highest BCUT2D eigenvalue weighted by Gasteiger charge is 2.06. The molecule has 24 heavy (non-hydrogen) atoms. The number of benzene rings is 1. The fraction of sp³-hybridized carbons (Fsp3) is 0.438. The Balaban J connectivity index is 2.18. The molecule has 1 atom stereocenters. The topological polar surface area (TPSA) is 107 Å². The first-order valence-corrected chi connectivity index (χ1v) is 7.62. The van der Waals surface area contributed by atoms with Crippen LogP contribution in [-0.2, 0) is 16.1 Å². The van der Waals surface area contributed by atoms with E-state index in [1.165, 1.54) is 19.3 Å². The highest BCUT2D eigenvalue weighted by Crippen LogP contribution is 2.05. The summed E-state index contributed by atoms with van der Waals surface area (Å²) in [6.07, 6.45) is 3.43. The van der Waals surface area contributed by atoms with Crippen molar-refractivity contribution in [1.29, 1.82) is 0 Å². The number of nitrogens with zero attached hydrogens (tertiary/aromatic N) is 4. The van der Waals surface area contributed by atoms with Crippen LogP contribution >= 0.6 is 0 Å². The first-order chi connectivity index (χ1) is 11.5. The van der Waals surface area contributed by atoms with E-state index in [2.05, 4.69) is 10.0 Å². The number of quaternary nitrogens is 1. The van der Waals surface area contributed by atoms with Crippen LogP contribution in [-0.4, -0.2) is 37.5 Å². The molecule has 8 heteroatoms. The predicted molar refractivity (Wildman–Crippen MR) is 89.4 cm³/mol. The molecule has 0 amide bonds. The number of ether oxygens (including phenoxy) is 2. The lowest BCUT2D eigenvalue weighted by atomic mass is 10.2. The summed E-state index contributed by atoms with van der Waals surface area (Å²) >= 11 is 0. The fourth-order valence-corrected chi connectivity index (χ4v) is 1.87. The molecule has 0 heterocycles. The molecule has 1 rings (SSSR count). The van der Waals surface area contributed by atoms with E-state index in [4.69, 9.17) is 15.0 Å². The molecule has 0 saturated heterocycles. The first kappa shape index (κ1) is 19.5. The van der Waals surface area contributed by atoms with Gasteiger partial charge in [0.1, 0.15) is 13.2 Å². The standard InChI is InChI=1S/C16H22N4O4/c1-20(22,11-6-5-10-18-19-17)12-7-13-23-16(21)24-14-15-8-3-2-4-9-15/h2-4,7-9,12H,5-6,10-11,13-14H2,1H3/b12-7+. The Hall–Kier alpha value is -2.54. The third kappa shape index (κ3) is 9.47. The minimum absolute atomic E-state index is 0.0254. The van der Waals surface area contributed by atoms with Crippen LogP contribution in [0.15, 0.2) is 47.7 Å².